The molecule has 0 aliphatic heterocycles. The largest absolute Gasteiger partial charge is 0.488 e. The molecule has 2 aromatic rings. The van der Waals surface area contributed by atoms with Crippen molar-refractivity contribution >= 4 is 23.5 Å². The SMILES string of the molecule is COc1ncc(C(=O)N[C@]2(C(=O)O)C[C@H]2C)cc1OCCc1cccc(Cl)c1. The highest BCUT2D eigenvalue weighted by molar-refractivity contribution is 6.30. The van der Waals surface area contributed by atoms with Gasteiger partial charge >= 0.3 is 5.97 Å². The van der Waals surface area contributed by atoms with Gasteiger partial charge in [-0.3, -0.25) is 4.79 Å². The normalized spacial score (nSPS) is 20.3. The number of halogens is 1. The van der Waals surface area contributed by atoms with Crippen molar-refractivity contribution in [3.63, 3.8) is 0 Å². The van der Waals surface area contributed by atoms with Crippen molar-refractivity contribution in [3.8, 4) is 11.6 Å². The number of rotatable bonds is 8. The minimum atomic E-state index is -1.20. The Labute approximate surface area is 167 Å². The number of aromatic nitrogens is 1. The van der Waals surface area contributed by atoms with Crippen molar-refractivity contribution in [3.05, 3.63) is 52.7 Å². The lowest BCUT2D eigenvalue weighted by Gasteiger charge is -2.15. The standard InChI is InChI=1S/C20H21ClN2O5/c1-12-10-20(12,19(25)26)23-17(24)14-9-16(18(27-2)22-11-14)28-7-6-13-4-3-5-15(21)8-13/h3-5,8-9,11-12H,6-7,10H2,1-2H3,(H,23,24)(H,25,26)/t12-,20-/m1/s1. The third-order valence-corrected chi connectivity index (χ3v) is 5.07. The predicted molar refractivity (Wildman–Crippen MR) is 103 cm³/mol. The van der Waals surface area contributed by atoms with Crippen molar-refractivity contribution in [2.45, 2.75) is 25.3 Å². The molecule has 28 heavy (non-hydrogen) atoms. The first-order valence-electron chi connectivity index (χ1n) is 8.83. The van der Waals surface area contributed by atoms with Crippen LogP contribution in [0.4, 0.5) is 0 Å². The average molecular weight is 405 g/mol. The Morgan fingerprint density at radius 2 is 2.14 bits per heavy atom. The molecule has 3 rings (SSSR count). The summed E-state index contributed by atoms with van der Waals surface area (Å²) in [4.78, 5) is 28.0. The zero-order valence-corrected chi connectivity index (χ0v) is 16.3. The van der Waals surface area contributed by atoms with Crippen LogP contribution >= 0.6 is 11.6 Å². The van der Waals surface area contributed by atoms with Gasteiger partial charge in [-0.25, -0.2) is 9.78 Å². The molecular weight excluding hydrogens is 384 g/mol. The summed E-state index contributed by atoms with van der Waals surface area (Å²) in [6.45, 7) is 2.12. The fourth-order valence-corrected chi connectivity index (χ4v) is 3.22. The number of carbonyl (C=O) groups is 2. The van der Waals surface area contributed by atoms with Gasteiger partial charge in [-0.15, -0.1) is 0 Å². The molecule has 1 aliphatic rings. The van der Waals surface area contributed by atoms with Gasteiger partial charge in [0.05, 0.1) is 19.3 Å². The van der Waals surface area contributed by atoms with E-state index in [2.05, 4.69) is 10.3 Å². The second-order valence-corrected chi connectivity index (χ2v) is 7.23. The molecular formula is C20H21ClN2O5. The minimum Gasteiger partial charge on any atom is -0.488 e. The molecule has 0 saturated heterocycles. The van der Waals surface area contributed by atoms with Crippen molar-refractivity contribution in [1.29, 1.82) is 0 Å². The number of hydrogen-bond donors (Lipinski definition) is 2. The minimum absolute atomic E-state index is 0.117. The monoisotopic (exact) mass is 404 g/mol. The first kappa shape index (κ1) is 19.9. The highest BCUT2D eigenvalue weighted by atomic mass is 35.5. The highest BCUT2D eigenvalue weighted by Crippen LogP contribution is 2.43. The Morgan fingerprint density at radius 1 is 1.39 bits per heavy atom. The predicted octanol–water partition coefficient (Wildman–Crippen LogP) is 2.96. The Morgan fingerprint density at radius 3 is 2.75 bits per heavy atom. The Kier molecular flexibility index (Phi) is 5.74. The maximum atomic E-state index is 12.5. The van der Waals surface area contributed by atoms with Crippen LogP contribution in [-0.4, -0.2) is 41.2 Å². The van der Waals surface area contributed by atoms with Crippen molar-refractivity contribution in [2.75, 3.05) is 13.7 Å². The first-order chi connectivity index (χ1) is 13.4. The molecule has 0 bridgehead atoms. The van der Waals surface area contributed by atoms with Gasteiger partial charge in [0.1, 0.15) is 5.54 Å². The van der Waals surface area contributed by atoms with Gasteiger partial charge in [-0.2, -0.15) is 0 Å². The molecule has 1 aromatic carbocycles. The van der Waals surface area contributed by atoms with Crippen molar-refractivity contribution < 1.29 is 24.2 Å². The van der Waals surface area contributed by atoms with Gasteiger partial charge in [0, 0.05) is 23.7 Å². The third-order valence-electron chi connectivity index (χ3n) is 4.84. The summed E-state index contributed by atoms with van der Waals surface area (Å²) in [5, 5.41) is 12.6. The van der Waals surface area contributed by atoms with E-state index in [0.29, 0.717) is 30.2 Å². The lowest BCUT2D eigenvalue weighted by molar-refractivity contribution is -0.140. The van der Waals surface area contributed by atoms with Crippen LogP contribution < -0.4 is 14.8 Å². The Hall–Kier alpha value is -2.80. The van der Waals surface area contributed by atoms with Crippen molar-refractivity contribution in [1.82, 2.24) is 10.3 Å². The second-order valence-electron chi connectivity index (χ2n) is 6.80. The van der Waals surface area contributed by atoms with Crippen LogP contribution in [0.1, 0.15) is 29.3 Å². The molecule has 0 spiro atoms. The summed E-state index contributed by atoms with van der Waals surface area (Å²) < 4.78 is 10.9. The smallest absolute Gasteiger partial charge is 0.329 e. The molecule has 1 amide bonds. The summed E-state index contributed by atoms with van der Waals surface area (Å²) in [7, 11) is 1.46. The lowest BCUT2D eigenvalue weighted by Crippen LogP contribution is -2.44. The quantitative estimate of drug-likeness (QED) is 0.702. The number of pyridine rings is 1. The van der Waals surface area contributed by atoms with E-state index >= 15 is 0 Å². The molecule has 148 valence electrons. The summed E-state index contributed by atoms with van der Waals surface area (Å²) in [5.41, 5.74) is 0.0164. The number of nitrogens with zero attached hydrogens (tertiary/aromatic N) is 1. The Balaban J connectivity index is 1.69. The van der Waals surface area contributed by atoms with Gasteiger partial charge in [0.2, 0.25) is 0 Å². The molecule has 1 aliphatic carbocycles. The number of carboxylic acids is 1. The van der Waals surface area contributed by atoms with E-state index in [0.717, 1.165) is 5.56 Å². The van der Waals surface area contributed by atoms with Crippen LogP contribution in [-0.2, 0) is 11.2 Å². The Bertz CT molecular complexity index is 904. The van der Waals surface area contributed by atoms with Crippen molar-refractivity contribution in [2.24, 2.45) is 5.92 Å². The van der Waals surface area contributed by atoms with Gasteiger partial charge < -0.3 is 19.9 Å². The van der Waals surface area contributed by atoms with E-state index in [4.69, 9.17) is 21.1 Å². The molecule has 1 saturated carbocycles. The number of ether oxygens (including phenoxy) is 2. The molecule has 1 fully saturated rings. The maximum Gasteiger partial charge on any atom is 0.329 e. The summed E-state index contributed by atoms with van der Waals surface area (Å²) in [6.07, 6.45) is 2.35. The molecule has 2 atom stereocenters. The van der Waals surface area contributed by atoms with Crippen LogP contribution in [0.15, 0.2) is 36.5 Å². The second kappa shape index (κ2) is 8.06. The van der Waals surface area contributed by atoms with Gasteiger partial charge in [-0.05, 0) is 30.0 Å². The van der Waals surface area contributed by atoms with Crippen LogP contribution in [0.25, 0.3) is 0 Å². The fourth-order valence-electron chi connectivity index (χ4n) is 3.01. The van der Waals surface area contributed by atoms with Gasteiger partial charge in [0.15, 0.2) is 5.75 Å². The molecule has 0 unspecified atom stereocenters. The van der Waals surface area contributed by atoms with Gasteiger partial charge in [-0.1, -0.05) is 30.7 Å². The molecule has 7 nitrogen and oxygen atoms in total. The van der Waals surface area contributed by atoms with Crippen LogP contribution in [0.2, 0.25) is 5.02 Å². The number of hydrogen-bond acceptors (Lipinski definition) is 5. The number of amides is 1. The van der Waals surface area contributed by atoms with E-state index in [1.54, 1.807) is 13.0 Å². The maximum absolute atomic E-state index is 12.5. The summed E-state index contributed by atoms with van der Waals surface area (Å²) in [6, 6.07) is 8.96. The topological polar surface area (TPSA) is 97.8 Å². The fraction of sp³-hybridized carbons (Fsp3) is 0.350. The number of aliphatic carboxylic acids is 1. The molecule has 1 aromatic heterocycles. The molecule has 2 N–H and O–H groups in total. The van der Waals surface area contributed by atoms with E-state index in [1.807, 2.05) is 18.2 Å². The number of benzene rings is 1. The number of methoxy groups -OCH3 is 1. The van der Waals surface area contributed by atoms with Crippen LogP contribution in [0.5, 0.6) is 11.6 Å². The highest BCUT2D eigenvalue weighted by Gasteiger charge is 2.59. The summed E-state index contributed by atoms with van der Waals surface area (Å²) in [5.74, 6) is -1.11. The zero-order valence-electron chi connectivity index (χ0n) is 15.6. The lowest BCUT2D eigenvalue weighted by atomic mass is 10.1. The number of carboxylic acid groups (broad SMARTS) is 1. The molecule has 0 radical (unpaired) electrons. The first-order valence-corrected chi connectivity index (χ1v) is 9.20. The number of nitrogens with one attached hydrogen (secondary N) is 1. The average Bonchev–Trinajstić information content (AvgIpc) is 3.32. The van der Waals surface area contributed by atoms with E-state index in [1.165, 1.54) is 19.4 Å². The molecule has 8 heteroatoms. The van der Waals surface area contributed by atoms with Crippen LogP contribution in [0, 0.1) is 5.92 Å². The summed E-state index contributed by atoms with van der Waals surface area (Å²) >= 11 is 5.98. The van der Waals surface area contributed by atoms with E-state index in [9.17, 15) is 14.7 Å². The zero-order chi connectivity index (χ0) is 20.3. The van der Waals surface area contributed by atoms with Crippen LogP contribution in [0.3, 0.4) is 0 Å². The van der Waals surface area contributed by atoms with Gasteiger partial charge in [0.25, 0.3) is 11.8 Å². The number of carbonyl (C=O) groups excluding carboxylic acids is 1. The molecule has 1 heterocycles. The van der Waals surface area contributed by atoms with E-state index < -0.39 is 17.4 Å². The third kappa shape index (κ3) is 4.20. The van der Waals surface area contributed by atoms with E-state index in [-0.39, 0.29) is 17.4 Å².